The fourth-order valence-electron chi connectivity index (χ4n) is 6.51. The Kier molecular flexibility index (Phi) is 4.97. The number of Topliss-reactive ketones (excluding diaryl/α,β-unsaturated/α-hetero) is 2. The molecule has 1 fully saturated rings. The van der Waals surface area contributed by atoms with Gasteiger partial charge in [-0.1, -0.05) is 72.3 Å². The van der Waals surface area contributed by atoms with Crippen LogP contribution in [0, 0.1) is 5.92 Å². The van der Waals surface area contributed by atoms with Gasteiger partial charge in [0.1, 0.15) is 11.5 Å². The van der Waals surface area contributed by atoms with Crippen LogP contribution in [0.4, 0.5) is 11.4 Å². The summed E-state index contributed by atoms with van der Waals surface area (Å²) in [7, 11) is 0. The molecule has 38 heavy (non-hydrogen) atoms. The SMILES string of the molecule is O=C(c1ccccc1Cl)[C@@H]1[C@H](C(=O)c2ccco2)[C@@]2(C(=O)Nc3ccccc32)[C@@H]2C=Cc3ccccc3N12. The van der Waals surface area contributed by atoms with Crippen molar-refractivity contribution in [3.63, 3.8) is 0 Å². The molecule has 186 valence electrons. The molecule has 0 saturated carbocycles. The topological polar surface area (TPSA) is 79.6 Å². The van der Waals surface area contributed by atoms with Crippen LogP contribution in [0.1, 0.15) is 32.0 Å². The van der Waals surface area contributed by atoms with Gasteiger partial charge in [0.15, 0.2) is 11.5 Å². The van der Waals surface area contributed by atoms with Crippen molar-refractivity contribution in [1.29, 1.82) is 0 Å². The van der Waals surface area contributed by atoms with Crippen molar-refractivity contribution in [1.82, 2.24) is 0 Å². The highest BCUT2D eigenvalue weighted by Crippen LogP contribution is 2.58. The van der Waals surface area contributed by atoms with Gasteiger partial charge in [0.25, 0.3) is 0 Å². The molecule has 3 aliphatic rings. The summed E-state index contributed by atoms with van der Waals surface area (Å²) in [4.78, 5) is 45.0. The summed E-state index contributed by atoms with van der Waals surface area (Å²) in [5, 5.41) is 3.30. The van der Waals surface area contributed by atoms with E-state index in [0.717, 1.165) is 11.3 Å². The van der Waals surface area contributed by atoms with Gasteiger partial charge in [0.05, 0.1) is 23.2 Å². The van der Waals surface area contributed by atoms with E-state index in [1.165, 1.54) is 6.26 Å². The highest BCUT2D eigenvalue weighted by Gasteiger charge is 2.70. The lowest BCUT2D eigenvalue weighted by Crippen LogP contribution is -2.51. The van der Waals surface area contributed by atoms with E-state index in [9.17, 15) is 14.4 Å². The van der Waals surface area contributed by atoms with E-state index in [1.54, 1.807) is 36.4 Å². The number of fused-ring (bicyclic) bond motifs is 6. The number of para-hydroxylation sites is 2. The molecule has 4 aromatic rings. The van der Waals surface area contributed by atoms with Crippen molar-refractivity contribution in [2.24, 2.45) is 5.92 Å². The Morgan fingerprint density at radius 3 is 2.47 bits per heavy atom. The molecule has 1 N–H and O–H groups in total. The molecule has 1 amide bonds. The summed E-state index contributed by atoms with van der Waals surface area (Å²) in [5.74, 6) is -2.06. The van der Waals surface area contributed by atoms with Crippen molar-refractivity contribution in [2.75, 3.05) is 10.2 Å². The lowest BCUT2D eigenvalue weighted by Gasteiger charge is -2.37. The van der Waals surface area contributed by atoms with Crippen LogP contribution in [-0.4, -0.2) is 29.6 Å². The van der Waals surface area contributed by atoms with E-state index >= 15 is 0 Å². The quantitative estimate of drug-likeness (QED) is 0.345. The molecule has 3 aromatic carbocycles. The zero-order valence-electron chi connectivity index (χ0n) is 20.0. The Hall–Kier alpha value is -4.42. The smallest absolute Gasteiger partial charge is 0.238 e. The fourth-order valence-corrected chi connectivity index (χ4v) is 6.74. The van der Waals surface area contributed by atoms with E-state index in [0.29, 0.717) is 16.8 Å². The number of anilines is 2. The number of rotatable bonds is 4. The molecule has 1 spiro atoms. The lowest BCUT2D eigenvalue weighted by molar-refractivity contribution is -0.121. The molecule has 0 aliphatic carbocycles. The van der Waals surface area contributed by atoms with Crippen molar-refractivity contribution < 1.29 is 18.8 Å². The van der Waals surface area contributed by atoms with Gasteiger partial charge >= 0.3 is 0 Å². The summed E-state index contributed by atoms with van der Waals surface area (Å²) < 4.78 is 5.56. The van der Waals surface area contributed by atoms with Crippen molar-refractivity contribution in [3.05, 3.63) is 125 Å². The zero-order valence-corrected chi connectivity index (χ0v) is 20.8. The second kappa shape index (κ2) is 8.30. The molecule has 0 bridgehead atoms. The minimum Gasteiger partial charge on any atom is -0.461 e. The average molecular weight is 521 g/mol. The third-order valence-electron chi connectivity index (χ3n) is 8.00. The van der Waals surface area contributed by atoms with E-state index < -0.39 is 29.2 Å². The Balaban J connectivity index is 1.56. The van der Waals surface area contributed by atoms with E-state index in [4.69, 9.17) is 16.0 Å². The first-order valence-corrected chi connectivity index (χ1v) is 12.7. The number of nitrogens with one attached hydrogen (secondary N) is 1. The first kappa shape index (κ1) is 22.8. The van der Waals surface area contributed by atoms with Crippen LogP contribution in [0.15, 0.2) is 102 Å². The lowest BCUT2D eigenvalue weighted by atomic mass is 9.64. The highest BCUT2D eigenvalue weighted by molar-refractivity contribution is 6.34. The summed E-state index contributed by atoms with van der Waals surface area (Å²) in [6.45, 7) is 0. The predicted molar refractivity (Wildman–Crippen MR) is 145 cm³/mol. The van der Waals surface area contributed by atoms with E-state index in [1.807, 2.05) is 65.6 Å². The number of amides is 1. The van der Waals surface area contributed by atoms with Crippen LogP contribution >= 0.6 is 11.6 Å². The molecule has 0 radical (unpaired) electrons. The molecule has 4 atom stereocenters. The molecule has 4 heterocycles. The highest BCUT2D eigenvalue weighted by atomic mass is 35.5. The van der Waals surface area contributed by atoms with Gasteiger partial charge in [0.2, 0.25) is 11.7 Å². The van der Waals surface area contributed by atoms with Gasteiger partial charge in [-0.05, 0) is 47.5 Å². The van der Waals surface area contributed by atoms with E-state index in [-0.39, 0.29) is 22.5 Å². The predicted octanol–water partition coefficient (Wildman–Crippen LogP) is 5.79. The number of benzene rings is 3. The number of ketones is 2. The van der Waals surface area contributed by atoms with Crippen molar-refractivity contribution in [3.8, 4) is 0 Å². The first-order chi connectivity index (χ1) is 18.5. The summed E-state index contributed by atoms with van der Waals surface area (Å²) in [6, 6.07) is 23.4. The van der Waals surface area contributed by atoms with Gasteiger partial charge in [-0.25, -0.2) is 0 Å². The molecular weight excluding hydrogens is 500 g/mol. The standard InChI is InChI=1S/C31H21ClN2O4/c32-21-11-4-2-9-19(21)28(35)27-26(29(36)24-14-7-17-38-24)31(20-10-3-5-12-22(20)33-30(31)37)25-16-15-18-8-1-6-13-23(18)34(25)27/h1-17,25-27H,(H,33,37)/t25-,26+,27-,31-/m0/s1. The number of carbonyl (C=O) groups excluding carboxylic acids is 3. The summed E-state index contributed by atoms with van der Waals surface area (Å²) in [6.07, 6.45) is 5.32. The van der Waals surface area contributed by atoms with Gasteiger partial charge in [-0.15, -0.1) is 0 Å². The van der Waals surface area contributed by atoms with Gasteiger partial charge < -0.3 is 14.6 Å². The third-order valence-corrected chi connectivity index (χ3v) is 8.33. The van der Waals surface area contributed by atoms with Crippen molar-refractivity contribution in [2.45, 2.75) is 17.5 Å². The minimum absolute atomic E-state index is 0.0978. The van der Waals surface area contributed by atoms with Crippen molar-refractivity contribution >= 4 is 46.5 Å². The number of furan rings is 1. The van der Waals surface area contributed by atoms with Gasteiger partial charge in [-0.2, -0.15) is 0 Å². The Labute approximate surface area is 223 Å². The van der Waals surface area contributed by atoms with Crippen LogP contribution in [0.3, 0.4) is 0 Å². The molecule has 1 aromatic heterocycles. The molecule has 3 aliphatic heterocycles. The molecular formula is C31H21ClN2O4. The maximum atomic E-state index is 14.5. The Morgan fingerprint density at radius 2 is 1.66 bits per heavy atom. The Bertz CT molecular complexity index is 1660. The summed E-state index contributed by atoms with van der Waals surface area (Å²) >= 11 is 6.52. The zero-order chi connectivity index (χ0) is 26.0. The maximum Gasteiger partial charge on any atom is 0.238 e. The average Bonchev–Trinajstić information content (AvgIpc) is 3.65. The van der Waals surface area contributed by atoms with Crippen LogP contribution < -0.4 is 10.2 Å². The number of nitrogens with zero attached hydrogens (tertiary/aromatic N) is 1. The van der Waals surface area contributed by atoms with Crippen LogP contribution in [0.25, 0.3) is 6.08 Å². The normalized spacial score (nSPS) is 24.6. The Morgan fingerprint density at radius 1 is 0.895 bits per heavy atom. The number of hydrogen-bond donors (Lipinski definition) is 1. The maximum absolute atomic E-state index is 14.5. The second-order valence-electron chi connectivity index (χ2n) is 9.75. The van der Waals surface area contributed by atoms with Crippen LogP contribution in [0.2, 0.25) is 5.02 Å². The van der Waals surface area contributed by atoms with Gasteiger partial charge in [0, 0.05) is 16.9 Å². The van der Waals surface area contributed by atoms with Gasteiger partial charge in [-0.3, -0.25) is 14.4 Å². The molecule has 7 heteroatoms. The molecule has 7 rings (SSSR count). The molecule has 6 nitrogen and oxygen atoms in total. The first-order valence-electron chi connectivity index (χ1n) is 12.4. The molecule has 1 saturated heterocycles. The monoisotopic (exact) mass is 520 g/mol. The third kappa shape index (κ3) is 2.92. The van der Waals surface area contributed by atoms with Crippen LogP contribution in [0.5, 0.6) is 0 Å². The van der Waals surface area contributed by atoms with E-state index in [2.05, 4.69) is 5.32 Å². The molecule has 0 unspecified atom stereocenters. The summed E-state index contributed by atoms with van der Waals surface area (Å²) in [5.41, 5.74) is 1.90. The number of carbonyl (C=O) groups is 3. The number of halogens is 1. The minimum atomic E-state index is -1.38. The van der Waals surface area contributed by atoms with Crippen LogP contribution in [-0.2, 0) is 10.2 Å². The fraction of sp³-hybridized carbons (Fsp3) is 0.129. The number of hydrogen-bond acceptors (Lipinski definition) is 5. The second-order valence-corrected chi connectivity index (χ2v) is 10.2. The largest absolute Gasteiger partial charge is 0.461 e.